The van der Waals surface area contributed by atoms with Gasteiger partial charge in [-0.05, 0) is 50.3 Å². The monoisotopic (exact) mass is 577 g/mol. The number of allylic oxidation sites excluding steroid dienone is 2. The summed E-state index contributed by atoms with van der Waals surface area (Å²) >= 11 is 0. The molecule has 1 amide bonds. The molecule has 0 saturated heterocycles. The van der Waals surface area contributed by atoms with Crippen molar-refractivity contribution in [1.29, 1.82) is 0 Å². The SMILES string of the molecule is C/C(=C(\NC=O)C1CC1)c1nc(OCc2ccc(-c3nc(C(F)(F)F)cn3C)c(F)c2)cc(C(C)O)n1.C=C.CC. The average Bonchev–Trinajstić information content (AvgIpc) is 3.72. The summed E-state index contributed by atoms with van der Waals surface area (Å²) in [5.74, 6) is -0.298. The van der Waals surface area contributed by atoms with E-state index in [1.807, 2.05) is 13.8 Å². The number of halogens is 4. The molecule has 4 rings (SSSR count). The zero-order chi connectivity index (χ0) is 30.9. The summed E-state index contributed by atoms with van der Waals surface area (Å²) in [6, 6.07) is 5.47. The van der Waals surface area contributed by atoms with E-state index >= 15 is 0 Å². The van der Waals surface area contributed by atoms with E-state index in [-0.39, 0.29) is 35.6 Å². The van der Waals surface area contributed by atoms with E-state index in [0.717, 1.165) is 29.7 Å². The Kier molecular flexibility index (Phi) is 11.8. The van der Waals surface area contributed by atoms with Gasteiger partial charge < -0.3 is 19.7 Å². The smallest absolute Gasteiger partial charge is 0.434 e. The Bertz CT molecular complexity index is 1360. The molecule has 1 aliphatic rings. The van der Waals surface area contributed by atoms with Crippen LogP contribution in [0.2, 0.25) is 0 Å². The van der Waals surface area contributed by atoms with Gasteiger partial charge in [0.15, 0.2) is 11.5 Å². The molecule has 1 fully saturated rings. The number of ether oxygens (including phenoxy) is 1. The molecule has 1 saturated carbocycles. The Balaban J connectivity index is 0.00000141. The van der Waals surface area contributed by atoms with E-state index < -0.39 is 23.8 Å². The summed E-state index contributed by atoms with van der Waals surface area (Å²) in [6.45, 7) is 13.2. The van der Waals surface area contributed by atoms with Gasteiger partial charge in [0.1, 0.15) is 18.2 Å². The molecular weight excluding hydrogens is 542 g/mol. The fourth-order valence-corrected chi connectivity index (χ4v) is 3.83. The van der Waals surface area contributed by atoms with E-state index in [1.54, 1.807) is 6.92 Å². The lowest BCUT2D eigenvalue weighted by Gasteiger charge is -2.14. The van der Waals surface area contributed by atoms with Crippen molar-refractivity contribution in [3.8, 4) is 17.3 Å². The number of benzene rings is 1. The van der Waals surface area contributed by atoms with Crippen LogP contribution < -0.4 is 10.1 Å². The van der Waals surface area contributed by atoms with Crippen molar-refractivity contribution in [3.05, 3.63) is 77.9 Å². The van der Waals surface area contributed by atoms with Gasteiger partial charge >= 0.3 is 6.18 Å². The molecule has 41 heavy (non-hydrogen) atoms. The van der Waals surface area contributed by atoms with Crippen LogP contribution in [0.4, 0.5) is 17.6 Å². The summed E-state index contributed by atoms with van der Waals surface area (Å²) in [5, 5.41) is 12.8. The topological polar surface area (TPSA) is 102 Å². The first-order valence-electron chi connectivity index (χ1n) is 13.0. The van der Waals surface area contributed by atoms with Crippen molar-refractivity contribution in [2.75, 3.05) is 0 Å². The first-order valence-corrected chi connectivity index (χ1v) is 13.0. The number of alkyl halides is 3. The van der Waals surface area contributed by atoms with Crippen molar-refractivity contribution in [2.45, 2.75) is 59.4 Å². The van der Waals surface area contributed by atoms with Gasteiger partial charge in [-0.15, -0.1) is 13.2 Å². The third-order valence-corrected chi connectivity index (χ3v) is 5.92. The third-order valence-electron chi connectivity index (χ3n) is 5.92. The van der Waals surface area contributed by atoms with Gasteiger partial charge in [0.05, 0.1) is 17.4 Å². The molecular formula is C29H35F4N5O3. The number of aliphatic hydroxyl groups excluding tert-OH is 1. The molecule has 222 valence electrons. The number of rotatable bonds is 9. The number of aliphatic hydroxyl groups is 1. The highest BCUT2D eigenvalue weighted by Gasteiger charge is 2.35. The van der Waals surface area contributed by atoms with Crippen LogP contribution in [0.25, 0.3) is 17.0 Å². The van der Waals surface area contributed by atoms with Crippen LogP contribution >= 0.6 is 0 Å². The van der Waals surface area contributed by atoms with Crippen LogP contribution in [0.1, 0.15) is 69.4 Å². The van der Waals surface area contributed by atoms with E-state index in [0.29, 0.717) is 28.9 Å². The summed E-state index contributed by atoms with van der Waals surface area (Å²) in [5.41, 5.74) is 0.868. The second-order valence-corrected chi connectivity index (χ2v) is 8.87. The van der Waals surface area contributed by atoms with Crippen LogP contribution in [0.3, 0.4) is 0 Å². The minimum atomic E-state index is -4.64. The maximum absolute atomic E-state index is 14.8. The molecule has 2 aromatic heterocycles. The van der Waals surface area contributed by atoms with Crippen LogP contribution in [0.5, 0.6) is 5.88 Å². The Morgan fingerprint density at radius 1 is 1.22 bits per heavy atom. The van der Waals surface area contributed by atoms with E-state index in [4.69, 9.17) is 4.74 Å². The fraction of sp³-hybridized carbons (Fsp3) is 0.379. The molecule has 2 heterocycles. The highest BCUT2D eigenvalue weighted by atomic mass is 19.4. The summed E-state index contributed by atoms with van der Waals surface area (Å²) in [4.78, 5) is 23.4. The predicted molar refractivity (Wildman–Crippen MR) is 148 cm³/mol. The number of hydrogen-bond acceptors (Lipinski definition) is 6. The Labute approximate surface area is 236 Å². The average molecular weight is 578 g/mol. The molecule has 8 nitrogen and oxygen atoms in total. The van der Waals surface area contributed by atoms with Crippen LogP contribution in [-0.2, 0) is 24.6 Å². The maximum Gasteiger partial charge on any atom is 0.434 e. The number of aryl methyl sites for hydroxylation is 1. The normalized spacial score (nSPS) is 14.0. The molecule has 1 aromatic carbocycles. The van der Waals surface area contributed by atoms with Gasteiger partial charge in [-0.3, -0.25) is 4.79 Å². The number of nitrogens with one attached hydrogen (secondary N) is 1. The summed E-state index contributed by atoms with van der Waals surface area (Å²) < 4.78 is 60.6. The van der Waals surface area contributed by atoms with Gasteiger partial charge in [0.2, 0.25) is 12.3 Å². The fourth-order valence-electron chi connectivity index (χ4n) is 3.83. The molecule has 2 N–H and O–H groups in total. The second kappa shape index (κ2) is 14.5. The minimum absolute atomic E-state index is 0.0847. The summed E-state index contributed by atoms with van der Waals surface area (Å²) in [6.07, 6.45) is -2.29. The molecule has 1 atom stereocenters. The number of aromatic nitrogens is 4. The standard InChI is InChI=1S/C25H25F4N5O3.C2H6.C2H4/c1-13(22(30-12-35)16-5-6-16)23-31-19(14(2)36)9-21(33-23)37-11-15-4-7-17(18(26)8-15)24-32-20(10-34(24)3)25(27,28)29;2*1-2/h4,7-10,12,14,16,36H,5-6,11H2,1-3H3,(H,30,35);1-2H3;1-2H2/b22-13+;;. The molecule has 0 bridgehead atoms. The van der Waals surface area contributed by atoms with Crippen LogP contribution in [-0.4, -0.2) is 31.0 Å². The van der Waals surface area contributed by atoms with Gasteiger partial charge in [-0.2, -0.15) is 18.2 Å². The molecule has 0 radical (unpaired) electrons. The number of amides is 1. The van der Waals surface area contributed by atoms with Crippen LogP contribution in [0, 0.1) is 11.7 Å². The van der Waals surface area contributed by atoms with Gasteiger partial charge in [-0.25, -0.2) is 14.4 Å². The van der Waals surface area contributed by atoms with E-state index in [9.17, 15) is 27.5 Å². The zero-order valence-electron chi connectivity index (χ0n) is 23.7. The van der Waals surface area contributed by atoms with Gasteiger partial charge in [0.25, 0.3) is 0 Å². The molecule has 3 aromatic rings. The van der Waals surface area contributed by atoms with Crippen molar-refractivity contribution in [2.24, 2.45) is 13.0 Å². The van der Waals surface area contributed by atoms with E-state index in [1.165, 1.54) is 32.2 Å². The van der Waals surface area contributed by atoms with Gasteiger partial charge in [0, 0.05) is 30.6 Å². The number of carbonyl (C=O) groups excluding carboxylic acids is 1. The number of hydrogen-bond donors (Lipinski definition) is 2. The van der Waals surface area contributed by atoms with Crippen molar-refractivity contribution < 1.29 is 32.2 Å². The van der Waals surface area contributed by atoms with Crippen molar-refractivity contribution in [3.63, 3.8) is 0 Å². The minimum Gasteiger partial charge on any atom is -0.473 e. The quantitative estimate of drug-likeness (QED) is 0.174. The Morgan fingerprint density at radius 2 is 1.88 bits per heavy atom. The lowest BCUT2D eigenvalue weighted by molar-refractivity contribution is -0.140. The number of nitrogens with zero attached hydrogens (tertiary/aromatic N) is 4. The molecule has 1 unspecified atom stereocenters. The lowest BCUT2D eigenvalue weighted by atomic mass is 10.1. The lowest BCUT2D eigenvalue weighted by Crippen LogP contribution is -2.15. The first-order chi connectivity index (χ1) is 19.5. The van der Waals surface area contributed by atoms with Gasteiger partial charge in [-0.1, -0.05) is 19.9 Å². The zero-order valence-corrected chi connectivity index (χ0v) is 23.7. The van der Waals surface area contributed by atoms with Crippen molar-refractivity contribution >= 4 is 12.0 Å². The predicted octanol–water partition coefficient (Wildman–Crippen LogP) is 6.38. The molecule has 0 spiro atoms. The molecule has 12 heteroatoms. The van der Waals surface area contributed by atoms with E-state index in [2.05, 4.69) is 33.4 Å². The highest BCUT2D eigenvalue weighted by molar-refractivity contribution is 5.67. The van der Waals surface area contributed by atoms with Crippen LogP contribution in [0.15, 0.2) is 49.3 Å². The Hall–Kier alpha value is -4.06. The Morgan fingerprint density at radius 3 is 2.39 bits per heavy atom. The summed E-state index contributed by atoms with van der Waals surface area (Å²) in [7, 11) is 1.36. The first kappa shape index (κ1) is 33.1. The molecule has 0 aliphatic heterocycles. The number of carbonyl (C=O) groups is 1. The third kappa shape index (κ3) is 8.46. The second-order valence-electron chi connectivity index (χ2n) is 8.87. The maximum atomic E-state index is 14.8. The molecule has 1 aliphatic carbocycles. The highest BCUT2D eigenvalue weighted by Crippen LogP contribution is 2.38. The van der Waals surface area contributed by atoms with Crippen molar-refractivity contribution in [1.82, 2.24) is 24.8 Å². The largest absolute Gasteiger partial charge is 0.473 e. The number of imidazole rings is 1.